The third kappa shape index (κ3) is 2.97. The van der Waals surface area contributed by atoms with Crippen molar-refractivity contribution in [1.82, 2.24) is 4.90 Å². The van der Waals surface area contributed by atoms with Gasteiger partial charge in [0.1, 0.15) is 0 Å². The number of amidine groups is 1. The van der Waals surface area contributed by atoms with Crippen LogP contribution in [0.4, 0.5) is 0 Å². The number of rotatable bonds is 1. The highest BCUT2D eigenvalue weighted by Crippen LogP contribution is 2.32. The fourth-order valence-electron chi connectivity index (χ4n) is 2.37. The minimum Gasteiger partial charge on any atom is -0.372 e. The van der Waals surface area contributed by atoms with Crippen LogP contribution < -0.4 is 0 Å². The van der Waals surface area contributed by atoms with Crippen LogP contribution in [0, 0.1) is 0 Å². The summed E-state index contributed by atoms with van der Waals surface area (Å²) in [5.41, 5.74) is 0. The molecule has 2 aliphatic rings. The fraction of sp³-hybridized carbons (Fsp3) is 0.429. The molecule has 2 aliphatic heterocycles. The van der Waals surface area contributed by atoms with E-state index in [9.17, 15) is 4.79 Å². The summed E-state index contributed by atoms with van der Waals surface area (Å²) in [6.45, 7) is 5.67. The predicted molar refractivity (Wildman–Crippen MR) is 83.9 cm³/mol. The van der Waals surface area contributed by atoms with Crippen molar-refractivity contribution in [2.45, 2.75) is 26.1 Å². The standard InChI is InChI=1S/C14H16N2O2S2/c1-9-7-16(8-10(2)18-9)14-15-13(17)12(20-14)6-11-4-3-5-19-11/h3-6,9-10H,7-8H2,1-2H3/b12-6+/t9-,10-/m1/s1. The molecule has 0 aliphatic carbocycles. The third-order valence-corrected chi connectivity index (χ3v) is 4.98. The molecule has 1 amide bonds. The summed E-state index contributed by atoms with van der Waals surface area (Å²) in [6, 6.07) is 3.98. The lowest BCUT2D eigenvalue weighted by Gasteiger charge is -2.35. The summed E-state index contributed by atoms with van der Waals surface area (Å²) in [7, 11) is 0. The van der Waals surface area contributed by atoms with Crippen LogP contribution in [0.5, 0.6) is 0 Å². The fourth-order valence-corrected chi connectivity index (χ4v) is 4.02. The van der Waals surface area contributed by atoms with Gasteiger partial charge >= 0.3 is 0 Å². The van der Waals surface area contributed by atoms with Crippen LogP contribution in [0.2, 0.25) is 0 Å². The molecule has 0 saturated carbocycles. The van der Waals surface area contributed by atoms with Gasteiger partial charge < -0.3 is 9.64 Å². The lowest BCUT2D eigenvalue weighted by molar-refractivity contribution is -0.113. The van der Waals surface area contributed by atoms with Crippen molar-refractivity contribution in [3.05, 3.63) is 27.3 Å². The lowest BCUT2D eigenvalue weighted by Crippen LogP contribution is -2.47. The first-order valence-electron chi connectivity index (χ1n) is 6.58. The Labute approximate surface area is 126 Å². The summed E-state index contributed by atoms with van der Waals surface area (Å²) in [5, 5.41) is 2.81. The van der Waals surface area contributed by atoms with Gasteiger partial charge in [-0.05, 0) is 43.1 Å². The molecule has 0 unspecified atom stereocenters. The average molecular weight is 308 g/mol. The Hall–Kier alpha value is -1.11. The Morgan fingerprint density at radius 2 is 2.15 bits per heavy atom. The van der Waals surface area contributed by atoms with Crippen molar-refractivity contribution in [3.8, 4) is 0 Å². The number of hydrogen-bond donors (Lipinski definition) is 0. The Bertz CT molecular complexity index is 556. The van der Waals surface area contributed by atoms with E-state index in [4.69, 9.17) is 4.74 Å². The van der Waals surface area contributed by atoms with Gasteiger partial charge in [-0.25, -0.2) is 0 Å². The first kappa shape index (κ1) is 13.9. The minimum atomic E-state index is -0.134. The molecule has 3 heterocycles. The van der Waals surface area contributed by atoms with Gasteiger partial charge in [0.15, 0.2) is 5.17 Å². The molecule has 0 radical (unpaired) electrons. The molecule has 6 heteroatoms. The van der Waals surface area contributed by atoms with E-state index in [1.54, 1.807) is 11.3 Å². The molecule has 2 atom stereocenters. The van der Waals surface area contributed by atoms with Crippen LogP contribution in [-0.4, -0.2) is 41.3 Å². The SMILES string of the molecule is C[C@@H]1CN(C2=NC(=O)/C(=C\c3cccs3)S2)C[C@@H](C)O1. The number of nitrogens with zero attached hydrogens (tertiary/aromatic N) is 2. The van der Waals surface area contributed by atoms with Gasteiger partial charge in [0.2, 0.25) is 0 Å². The number of ether oxygens (including phenoxy) is 1. The van der Waals surface area contributed by atoms with Crippen molar-refractivity contribution in [1.29, 1.82) is 0 Å². The molecule has 1 fully saturated rings. The first-order chi connectivity index (χ1) is 9.61. The molecule has 4 nitrogen and oxygen atoms in total. The monoisotopic (exact) mass is 308 g/mol. The smallest absolute Gasteiger partial charge is 0.286 e. The molecule has 0 spiro atoms. The number of carbonyl (C=O) groups excluding carboxylic acids is 1. The van der Waals surface area contributed by atoms with Crippen LogP contribution in [-0.2, 0) is 9.53 Å². The van der Waals surface area contributed by atoms with Gasteiger partial charge in [0.05, 0.1) is 17.1 Å². The number of morpholine rings is 1. The van der Waals surface area contributed by atoms with Gasteiger partial charge in [-0.15, -0.1) is 11.3 Å². The second kappa shape index (κ2) is 5.71. The van der Waals surface area contributed by atoms with Crippen LogP contribution in [0.3, 0.4) is 0 Å². The molecule has 0 bridgehead atoms. The van der Waals surface area contributed by atoms with Gasteiger partial charge in [-0.2, -0.15) is 4.99 Å². The van der Waals surface area contributed by atoms with E-state index in [0.29, 0.717) is 4.91 Å². The van der Waals surface area contributed by atoms with E-state index >= 15 is 0 Å². The largest absolute Gasteiger partial charge is 0.372 e. The van der Waals surface area contributed by atoms with E-state index < -0.39 is 0 Å². The molecule has 1 aromatic heterocycles. The number of hydrogen-bond acceptors (Lipinski definition) is 5. The van der Waals surface area contributed by atoms with E-state index in [1.165, 1.54) is 11.8 Å². The van der Waals surface area contributed by atoms with Gasteiger partial charge in [0.25, 0.3) is 5.91 Å². The molecule has 1 aromatic rings. The zero-order valence-corrected chi connectivity index (χ0v) is 13.0. The molecule has 3 rings (SSSR count). The Morgan fingerprint density at radius 3 is 2.80 bits per heavy atom. The van der Waals surface area contributed by atoms with E-state index in [1.807, 2.05) is 37.4 Å². The summed E-state index contributed by atoms with van der Waals surface area (Å²) in [5.74, 6) is -0.134. The predicted octanol–water partition coefficient (Wildman–Crippen LogP) is 2.83. The Kier molecular flexibility index (Phi) is 3.96. The molecule has 1 saturated heterocycles. The number of amides is 1. The summed E-state index contributed by atoms with van der Waals surface area (Å²) in [4.78, 5) is 20.1. The maximum atomic E-state index is 12.0. The van der Waals surface area contributed by atoms with Gasteiger partial charge in [-0.3, -0.25) is 4.79 Å². The van der Waals surface area contributed by atoms with E-state index in [2.05, 4.69) is 9.89 Å². The number of carbonyl (C=O) groups is 1. The topological polar surface area (TPSA) is 41.9 Å². The molecule has 20 heavy (non-hydrogen) atoms. The second-order valence-corrected chi connectivity index (χ2v) is 6.98. The highest BCUT2D eigenvalue weighted by Gasteiger charge is 2.30. The van der Waals surface area contributed by atoms with Crippen LogP contribution in [0.1, 0.15) is 18.7 Å². The zero-order valence-electron chi connectivity index (χ0n) is 11.4. The normalized spacial score (nSPS) is 29.1. The van der Waals surface area contributed by atoms with Crippen molar-refractivity contribution < 1.29 is 9.53 Å². The van der Waals surface area contributed by atoms with Crippen LogP contribution in [0.15, 0.2) is 27.4 Å². The van der Waals surface area contributed by atoms with Crippen molar-refractivity contribution in [2.24, 2.45) is 4.99 Å². The number of thiophene rings is 1. The minimum absolute atomic E-state index is 0.134. The van der Waals surface area contributed by atoms with Gasteiger partial charge in [0, 0.05) is 18.0 Å². The summed E-state index contributed by atoms with van der Waals surface area (Å²) >= 11 is 3.09. The molecular weight excluding hydrogens is 292 g/mol. The quantitative estimate of drug-likeness (QED) is 0.748. The van der Waals surface area contributed by atoms with Crippen LogP contribution >= 0.6 is 23.1 Å². The Morgan fingerprint density at radius 1 is 1.40 bits per heavy atom. The highest BCUT2D eigenvalue weighted by molar-refractivity contribution is 8.18. The van der Waals surface area contributed by atoms with E-state index in [-0.39, 0.29) is 18.1 Å². The molecule has 0 N–H and O–H groups in total. The molecule has 106 valence electrons. The summed E-state index contributed by atoms with van der Waals surface area (Å²) < 4.78 is 5.71. The number of thioether (sulfide) groups is 1. The van der Waals surface area contributed by atoms with Crippen LogP contribution in [0.25, 0.3) is 6.08 Å². The second-order valence-electron chi connectivity index (χ2n) is 4.99. The van der Waals surface area contributed by atoms with E-state index in [0.717, 1.165) is 23.1 Å². The summed E-state index contributed by atoms with van der Waals surface area (Å²) in [6.07, 6.45) is 2.26. The highest BCUT2D eigenvalue weighted by atomic mass is 32.2. The third-order valence-electron chi connectivity index (χ3n) is 3.12. The molecular formula is C14H16N2O2S2. The van der Waals surface area contributed by atoms with Crippen molar-refractivity contribution in [2.75, 3.05) is 13.1 Å². The zero-order chi connectivity index (χ0) is 14.1. The number of aliphatic imine (C=N–C) groups is 1. The average Bonchev–Trinajstić information content (AvgIpc) is 3.00. The van der Waals surface area contributed by atoms with Crippen molar-refractivity contribution in [3.63, 3.8) is 0 Å². The molecule has 0 aromatic carbocycles. The lowest BCUT2D eigenvalue weighted by atomic mass is 10.2. The maximum Gasteiger partial charge on any atom is 0.286 e. The first-order valence-corrected chi connectivity index (χ1v) is 8.28. The van der Waals surface area contributed by atoms with Gasteiger partial charge in [-0.1, -0.05) is 6.07 Å². The maximum absolute atomic E-state index is 12.0. The van der Waals surface area contributed by atoms with Crippen molar-refractivity contribution >= 4 is 40.2 Å². The Balaban J connectivity index is 1.74.